The van der Waals surface area contributed by atoms with Crippen LogP contribution in [0.3, 0.4) is 0 Å². The van der Waals surface area contributed by atoms with Gasteiger partial charge in [-0.3, -0.25) is 4.99 Å². The van der Waals surface area contributed by atoms with E-state index < -0.39 is 0 Å². The third-order valence-corrected chi connectivity index (χ3v) is 5.10. The van der Waals surface area contributed by atoms with E-state index in [1.807, 2.05) is 31.1 Å². The number of thioether (sulfide) groups is 1. The summed E-state index contributed by atoms with van der Waals surface area (Å²) in [7, 11) is 3.99. The Morgan fingerprint density at radius 1 is 1.24 bits per heavy atom. The summed E-state index contributed by atoms with van der Waals surface area (Å²) in [6.07, 6.45) is 6.44. The Morgan fingerprint density at radius 3 is 2.76 bits per heavy atom. The van der Waals surface area contributed by atoms with Crippen molar-refractivity contribution in [2.75, 3.05) is 63.7 Å². The molecule has 0 aromatic carbocycles. The predicted molar refractivity (Wildman–Crippen MR) is 110 cm³/mol. The van der Waals surface area contributed by atoms with Crippen LogP contribution in [0.4, 0.5) is 5.82 Å². The molecule has 1 aliphatic heterocycles. The largest absolute Gasteiger partial charge is 0.356 e. The van der Waals surface area contributed by atoms with Gasteiger partial charge in [-0.15, -0.1) is 0 Å². The van der Waals surface area contributed by atoms with E-state index in [1.165, 1.54) is 24.2 Å². The number of rotatable bonds is 8. The molecule has 0 unspecified atom stereocenters. The number of nitrogens with zero attached hydrogens (tertiary/aromatic N) is 4. The molecule has 0 amide bonds. The Hall–Kier alpha value is -1.47. The van der Waals surface area contributed by atoms with Crippen LogP contribution in [0.25, 0.3) is 0 Å². The van der Waals surface area contributed by atoms with Crippen molar-refractivity contribution in [1.82, 2.24) is 20.5 Å². The number of guanidine groups is 1. The molecule has 140 valence electrons. The maximum Gasteiger partial charge on any atom is 0.191 e. The molecule has 7 heteroatoms. The summed E-state index contributed by atoms with van der Waals surface area (Å²) in [4.78, 5) is 13.7. The quantitative estimate of drug-likeness (QED) is 0.416. The minimum Gasteiger partial charge on any atom is -0.356 e. The van der Waals surface area contributed by atoms with Gasteiger partial charge in [-0.1, -0.05) is 6.07 Å². The second-order valence-corrected chi connectivity index (χ2v) is 7.31. The monoisotopic (exact) mass is 364 g/mol. The molecule has 2 rings (SSSR count). The van der Waals surface area contributed by atoms with Gasteiger partial charge in [0, 0.05) is 58.1 Å². The smallest absolute Gasteiger partial charge is 0.191 e. The number of pyridine rings is 1. The molecular formula is C18H32N6S. The molecule has 2 heterocycles. The van der Waals surface area contributed by atoms with Crippen LogP contribution in [-0.4, -0.2) is 74.7 Å². The number of aliphatic imine (C=N–C) groups is 1. The molecule has 0 atom stereocenters. The average Bonchev–Trinajstić information content (AvgIpc) is 2.65. The van der Waals surface area contributed by atoms with Gasteiger partial charge in [0.2, 0.25) is 0 Å². The molecule has 1 aromatic heterocycles. The van der Waals surface area contributed by atoms with Crippen LogP contribution in [-0.2, 0) is 6.54 Å². The lowest BCUT2D eigenvalue weighted by atomic mass is 10.2. The first-order valence-electron chi connectivity index (χ1n) is 9.05. The molecule has 1 fully saturated rings. The summed E-state index contributed by atoms with van der Waals surface area (Å²) < 4.78 is 0. The summed E-state index contributed by atoms with van der Waals surface area (Å²) in [5.41, 5.74) is 1.22. The summed E-state index contributed by atoms with van der Waals surface area (Å²) in [6, 6.07) is 4.16. The summed E-state index contributed by atoms with van der Waals surface area (Å²) in [6.45, 7) is 5.93. The molecule has 0 radical (unpaired) electrons. The molecule has 25 heavy (non-hydrogen) atoms. The van der Waals surface area contributed by atoms with Gasteiger partial charge in [0.25, 0.3) is 0 Å². The average molecular weight is 365 g/mol. The van der Waals surface area contributed by atoms with Crippen molar-refractivity contribution < 1.29 is 0 Å². The Morgan fingerprint density at radius 2 is 2.04 bits per heavy atom. The first-order valence-corrected chi connectivity index (χ1v) is 10.4. The third-order valence-electron chi connectivity index (χ3n) is 4.41. The highest BCUT2D eigenvalue weighted by Crippen LogP contribution is 2.18. The molecule has 1 saturated heterocycles. The first-order chi connectivity index (χ1) is 12.2. The Kier molecular flexibility index (Phi) is 8.90. The van der Waals surface area contributed by atoms with E-state index in [0.717, 1.165) is 51.0 Å². The van der Waals surface area contributed by atoms with Crippen LogP contribution in [0.1, 0.15) is 18.4 Å². The van der Waals surface area contributed by atoms with Crippen molar-refractivity contribution >= 4 is 23.5 Å². The number of aromatic nitrogens is 1. The molecule has 6 nitrogen and oxygen atoms in total. The fourth-order valence-corrected chi connectivity index (χ4v) is 3.34. The zero-order valence-corrected chi connectivity index (χ0v) is 16.6. The van der Waals surface area contributed by atoms with Gasteiger partial charge in [-0.2, -0.15) is 11.8 Å². The molecule has 0 bridgehead atoms. The number of nitrogens with one attached hydrogen (secondary N) is 2. The lowest BCUT2D eigenvalue weighted by Gasteiger charge is -2.34. The molecule has 1 aromatic rings. The third kappa shape index (κ3) is 6.74. The number of hydrogen-bond acceptors (Lipinski definition) is 5. The fraction of sp³-hybridized carbons (Fsp3) is 0.667. The molecule has 0 spiro atoms. The zero-order valence-electron chi connectivity index (χ0n) is 15.8. The van der Waals surface area contributed by atoms with Crippen LogP contribution in [0, 0.1) is 0 Å². The van der Waals surface area contributed by atoms with Gasteiger partial charge in [0.1, 0.15) is 5.82 Å². The number of anilines is 1. The van der Waals surface area contributed by atoms with Crippen LogP contribution in [0.5, 0.6) is 0 Å². The van der Waals surface area contributed by atoms with E-state index in [-0.39, 0.29) is 0 Å². The SMILES string of the molecule is CN=C(NCCCCSC)NCc1cccnc1N1CCN(C)CC1. The lowest BCUT2D eigenvalue weighted by Crippen LogP contribution is -2.45. The van der Waals surface area contributed by atoms with E-state index >= 15 is 0 Å². The normalized spacial score (nSPS) is 16.1. The van der Waals surface area contributed by atoms with Crippen molar-refractivity contribution in [1.29, 1.82) is 0 Å². The van der Waals surface area contributed by atoms with Gasteiger partial charge >= 0.3 is 0 Å². The van der Waals surface area contributed by atoms with E-state index in [4.69, 9.17) is 0 Å². The second-order valence-electron chi connectivity index (χ2n) is 6.33. The fourth-order valence-electron chi connectivity index (χ4n) is 2.85. The van der Waals surface area contributed by atoms with Crippen LogP contribution >= 0.6 is 11.8 Å². The van der Waals surface area contributed by atoms with Gasteiger partial charge in [-0.05, 0) is 38.0 Å². The summed E-state index contributed by atoms with van der Waals surface area (Å²) in [5.74, 6) is 3.17. The van der Waals surface area contributed by atoms with E-state index in [1.54, 1.807) is 0 Å². The van der Waals surface area contributed by atoms with E-state index in [9.17, 15) is 0 Å². The number of unbranched alkanes of at least 4 members (excludes halogenated alkanes) is 1. The Bertz CT molecular complexity index is 528. The van der Waals surface area contributed by atoms with Crippen molar-refractivity contribution in [2.45, 2.75) is 19.4 Å². The maximum absolute atomic E-state index is 4.63. The minimum absolute atomic E-state index is 0.736. The van der Waals surface area contributed by atoms with Crippen LogP contribution < -0.4 is 15.5 Å². The standard InChI is InChI=1S/C18H32N6S/c1-19-18(21-8-4-5-14-25-3)22-15-16-7-6-9-20-17(16)24-12-10-23(2)11-13-24/h6-7,9H,4-5,8,10-15H2,1-3H3,(H2,19,21,22). The molecule has 2 N–H and O–H groups in total. The zero-order chi connectivity index (χ0) is 17.9. The van der Waals surface area contributed by atoms with Gasteiger partial charge in [0.05, 0.1) is 0 Å². The first kappa shape index (κ1) is 19.8. The number of hydrogen-bond donors (Lipinski definition) is 2. The van der Waals surface area contributed by atoms with Gasteiger partial charge in [0.15, 0.2) is 5.96 Å². The second kappa shape index (κ2) is 11.2. The van der Waals surface area contributed by atoms with E-state index in [0.29, 0.717) is 0 Å². The predicted octanol–water partition coefficient (Wildman–Crippen LogP) is 1.64. The molecular weight excluding hydrogens is 332 g/mol. The van der Waals surface area contributed by atoms with Crippen molar-refractivity contribution in [3.05, 3.63) is 23.9 Å². The number of piperazine rings is 1. The van der Waals surface area contributed by atoms with Crippen LogP contribution in [0.15, 0.2) is 23.3 Å². The minimum atomic E-state index is 0.736. The lowest BCUT2D eigenvalue weighted by molar-refractivity contribution is 0.312. The van der Waals surface area contributed by atoms with E-state index in [2.05, 4.69) is 49.8 Å². The van der Waals surface area contributed by atoms with Crippen LogP contribution in [0.2, 0.25) is 0 Å². The highest BCUT2D eigenvalue weighted by Gasteiger charge is 2.17. The highest BCUT2D eigenvalue weighted by molar-refractivity contribution is 7.98. The van der Waals surface area contributed by atoms with Gasteiger partial charge in [-0.25, -0.2) is 4.98 Å². The molecule has 1 aliphatic rings. The highest BCUT2D eigenvalue weighted by atomic mass is 32.2. The van der Waals surface area contributed by atoms with Crippen molar-refractivity contribution in [2.24, 2.45) is 4.99 Å². The van der Waals surface area contributed by atoms with Gasteiger partial charge < -0.3 is 20.4 Å². The van der Waals surface area contributed by atoms with Crippen molar-refractivity contribution in [3.8, 4) is 0 Å². The molecule has 0 aliphatic carbocycles. The Balaban J connectivity index is 1.85. The van der Waals surface area contributed by atoms with Crippen molar-refractivity contribution in [3.63, 3.8) is 0 Å². The topological polar surface area (TPSA) is 55.8 Å². The summed E-state index contributed by atoms with van der Waals surface area (Å²) >= 11 is 1.90. The molecule has 0 saturated carbocycles. The maximum atomic E-state index is 4.63. The number of likely N-dealkylation sites (N-methyl/N-ethyl adjacent to an activating group) is 1. The Labute approximate surface area is 156 Å². The summed E-state index contributed by atoms with van der Waals surface area (Å²) in [5, 5.41) is 6.81.